The SMILES string of the molecule is CCCCN(C)S(=O)(=O)NCc1ccncc1OCC1CCOC1. The van der Waals surface area contributed by atoms with E-state index in [1.54, 1.807) is 25.5 Å². The van der Waals surface area contributed by atoms with Crippen molar-refractivity contribution in [1.29, 1.82) is 0 Å². The third-order valence-electron chi connectivity index (χ3n) is 4.05. The van der Waals surface area contributed by atoms with Gasteiger partial charge in [-0.25, -0.2) is 0 Å². The summed E-state index contributed by atoms with van der Waals surface area (Å²) in [5.74, 6) is 0.998. The van der Waals surface area contributed by atoms with E-state index >= 15 is 0 Å². The Morgan fingerprint density at radius 1 is 1.50 bits per heavy atom. The fraction of sp³-hybridized carbons (Fsp3) is 0.688. The average molecular weight is 357 g/mol. The van der Waals surface area contributed by atoms with Crippen molar-refractivity contribution in [1.82, 2.24) is 14.0 Å². The summed E-state index contributed by atoms with van der Waals surface area (Å²) in [6.07, 6.45) is 6.04. The van der Waals surface area contributed by atoms with Gasteiger partial charge in [-0.05, 0) is 18.9 Å². The summed E-state index contributed by atoms with van der Waals surface area (Å²) in [6.45, 7) is 4.76. The molecule has 1 saturated heterocycles. The van der Waals surface area contributed by atoms with Gasteiger partial charge in [-0.3, -0.25) is 4.98 Å². The van der Waals surface area contributed by atoms with Gasteiger partial charge < -0.3 is 9.47 Å². The molecule has 8 heteroatoms. The molecule has 1 aromatic heterocycles. The summed E-state index contributed by atoms with van der Waals surface area (Å²) in [5, 5.41) is 0. The highest BCUT2D eigenvalue weighted by molar-refractivity contribution is 7.87. The smallest absolute Gasteiger partial charge is 0.279 e. The van der Waals surface area contributed by atoms with Crippen LogP contribution in [-0.4, -0.2) is 51.1 Å². The Balaban J connectivity index is 1.91. The van der Waals surface area contributed by atoms with E-state index in [1.807, 2.05) is 6.92 Å². The molecule has 7 nitrogen and oxygen atoms in total. The Bertz CT molecular complexity index is 603. The van der Waals surface area contributed by atoms with Crippen LogP contribution in [0.25, 0.3) is 0 Å². The van der Waals surface area contributed by atoms with Crippen LogP contribution in [0.5, 0.6) is 5.75 Å². The molecular weight excluding hydrogens is 330 g/mol. The van der Waals surface area contributed by atoms with Crippen molar-refractivity contribution < 1.29 is 17.9 Å². The Labute approximate surface area is 144 Å². The van der Waals surface area contributed by atoms with Crippen LogP contribution in [-0.2, 0) is 21.5 Å². The quantitative estimate of drug-likeness (QED) is 0.687. The molecule has 0 spiro atoms. The molecule has 2 rings (SSSR count). The number of hydrogen-bond donors (Lipinski definition) is 1. The number of aromatic nitrogens is 1. The first kappa shape index (κ1) is 19.1. The van der Waals surface area contributed by atoms with Crippen molar-refractivity contribution in [3.63, 3.8) is 0 Å². The van der Waals surface area contributed by atoms with E-state index in [2.05, 4.69) is 9.71 Å². The van der Waals surface area contributed by atoms with Crippen molar-refractivity contribution >= 4 is 10.2 Å². The number of nitrogens with zero attached hydrogens (tertiary/aromatic N) is 2. The fourth-order valence-electron chi connectivity index (χ4n) is 2.39. The summed E-state index contributed by atoms with van der Waals surface area (Å²) < 4.78 is 39.6. The standard InChI is InChI=1S/C16H27N3O4S/c1-3-4-8-19(2)24(20,21)18-10-15-5-7-17-11-16(15)23-13-14-6-9-22-12-14/h5,7,11,14,18H,3-4,6,8-10,12-13H2,1-2H3. The number of ether oxygens (including phenoxy) is 2. The third kappa shape index (κ3) is 5.70. The summed E-state index contributed by atoms with van der Waals surface area (Å²) in [5.41, 5.74) is 0.774. The summed E-state index contributed by atoms with van der Waals surface area (Å²) >= 11 is 0. The molecule has 1 aliphatic heterocycles. The summed E-state index contributed by atoms with van der Waals surface area (Å²) in [6, 6.07) is 1.77. The molecule has 0 radical (unpaired) electrons. The van der Waals surface area contributed by atoms with Crippen molar-refractivity contribution in [2.24, 2.45) is 5.92 Å². The fourth-order valence-corrected chi connectivity index (χ4v) is 3.32. The molecule has 0 amide bonds. The molecule has 0 bridgehead atoms. The number of pyridine rings is 1. The van der Waals surface area contributed by atoms with Gasteiger partial charge in [0.1, 0.15) is 5.75 Å². The van der Waals surface area contributed by atoms with Gasteiger partial charge in [-0.15, -0.1) is 0 Å². The van der Waals surface area contributed by atoms with Crippen LogP contribution in [0.3, 0.4) is 0 Å². The molecule has 0 aliphatic carbocycles. The lowest BCUT2D eigenvalue weighted by molar-refractivity contribution is 0.166. The van der Waals surface area contributed by atoms with Gasteiger partial charge in [0.05, 0.1) is 19.4 Å². The molecule has 1 N–H and O–H groups in total. The zero-order chi connectivity index (χ0) is 17.4. The van der Waals surface area contributed by atoms with E-state index in [1.165, 1.54) is 4.31 Å². The van der Waals surface area contributed by atoms with E-state index in [9.17, 15) is 8.42 Å². The van der Waals surface area contributed by atoms with Gasteiger partial charge in [-0.1, -0.05) is 13.3 Å². The van der Waals surface area contributed by atoms with Gasteiger partial charge in [0.15, 0.2) is 0 Å². The van der Waals surface area contributed by atoms with Gasteiger partial charge in [0.25, 0.3) is 10.2 Å². The van der Waals surface area contributed by atoms with Crippen molar-refractivity contribution in [3.8, 4) is 5.75 Å². The Kier molecular flexibility index (Phi) is 7.41. The lowest BCUT2D eigenvalue weighted by atomic mass is 10.1. The molecule has 1 atom stereocenters. The second-order valence-electron chi connectivity index (χ2n) is 6.03. The van der Waals surface area contributed by atoms with Gasteiger partial charge in [0.2, 0.25) is 0 Å². The predicted molar refractivity (Wildman–Crippen MR) is 92.0 cm³/mol. The number of nitrogens with one attached hydrogen (secondary N) is 1. The van der Waals surface area contributed by atoms with E-state index in [4.69, 9.17) is 9.47 Å². The van der Waals surface area contributed by atoms with Crippen LogP contribution in [0.15, 0.2) is 18.5 Å². The first-order valence-electron chi connectivity index (χ1n) is 8.37. The first-order valence-corrected chi connectivity index (χ1v) is 9.81. The van der Waals surface area contributed by atoms with Crippen LogP contribution in [0.1, 0.15) is 31.7 Å². The molecule has 1 fully saturated rings. The van der Waals surface area contributed by atoms with Crippen molar-refractivity contribution in [2.75, 3.05) is 33.4 Å². The van der Waals surface area contributed by atoms with Crippen LogP contribution in [0.4, 0.5) is 0 Å². The van der Waals surface area contributed by atoms with Crippen molar-refractivity contribution in [2.45, 2.75) is 32.7 Å². The van der Waals surface area contributed by atoms with Gasteiger partial charge in [-0.2, -0.15) is 17.4 Å². The minimum absolute atomic E-state index is 0.178. The molecule has 2 heterocycles. The van der Waals surface area contributed by atoms with Crippen LogP contribution >= 0.6 is 0 Å². The van der Waals surface area contributed by atoms with Gasteiger partial charge >= 0.3 is 0 Å². The molecule has 1 aliphatic rings. The lowest BCUT2D eigenvalue weighted by Crippen LogP contribution is -2.38. The minimum atomic E-state index is -3.49. The number of unbranched alkanes of at least 4 members (excludes halogenated alkanes) is 1. The molecule has 24 heavy (non-hydrogen) atoms. The maximum absolute atomic E-state index is 12.2. The molecular formula is C16H27N3O4S. The van der Waals surface area contributed by atoms with Crippen molar-refractivity contribution in [3.05, 3.63) is 24.0 Å². The molecule has 1 unspecified atom stereocenters. The number of hydrogen-bond acceptors (Lipinski definition) is 5. The average Bonchev–Trinajstić information content (AvgIpc) is 3.10. The van der Waals surface area contributed by atoms with E-state index < -0.39 is 10.2 Å². The van der Waals surface area contributed by atoms with Crippen LogP contribution in [0.2, 0.25) is 0 Å². The lowest BCUT2D eigenvalue weighted by Gasteiger charge is -2.18. The second-order valence-corrected chi connectivity index (χ2v) is 7.89. The highest BCUT2D eigenvalue weighted by Gasteiger charge is 2.19. The molecule has 136 valence electrons. The van der Waals surface area contributed by atoms with E-state index in [0.29, 0.717) is 31.4 Å². The summed E-state index contributed by atoms with van der Waals surface area (Å²) in [7, 11) is -1.91. The predicted octanol–water partition coefficient (Wildman–Crippen LogP) is 1.56. The maximum atomic E-state index is 12.2. The molecule has 0 saturated carbocycles. The maximum Gasteiger partial charge on any atom is 0.279 e. The zero-order valence-corrected chi connectivity index (χ0v) is 15.2. The minimum Gasteiger partial charge on any atom is -0.491 e. The molecule has 0 aromatic carbocycles. The summed E-state index contributed by atoms with van der Waals surface area (Å²) in [4.78, 5) is 4.07. The number of rotatable bonds is 10. The Morgan fingerprint density at radius 3 is 3.04 bits per heavy atom. The monoisotopic (exact) mass is 357 g/mol. The zero-order valence-electron chi connectivity index (χ0n) is 14.4. The first-order chi connectivity index (χ1) is 11.5. The largest absolute Gasteiger partial charge is 0.491 e. The Hall–Kier alpha value is -1.22. The second kappa shape index (κ2) is 9.31. The Morgan fingerprint density at radius 2 is 2.33 bits per heavy atom. The highest BCUT2D eigenvalue weighted by atomic mass is 32.2. The van der Waals surface area contributed by atoms with Crippen LogP contribution in [0, 0.1) is 5.92 Å². The molecule has 1 aromatic rings. The van der Waals surface area contributed by atoms with Crippen LogP contribution < -0.4 is 9.46 Å². The van der Waals surface area contributed by atoms with Gasteiger partial charge in [0, 0.05) is 44.4 Å². The van der Waals surface area contributed by atoms with E-state index in [-0.39, 0.29) is 6.54 Å². The highest BCUT2D eigenvalue weighted by Crippen LogP contribution is 2.20. The topological polar surface area (TPSA) is 80.8 Å². The van der Waals surface area contributed by atoms with E-state index in [0.717, 1.165) is 31.4 Å². The normalized spacial score (nSPS) is 18.2. The third-order valence-corrected chi connectivity index (χ3v) is 5.56.